The second-order valence-electron chi connectivity index (χ2n) is 5.54. The maximum Gasteiger partial charge on any atom is 0.418 e. The van der Waals surface area contributed by atoms with Crippen LogP contribution in [0.2, 0.25) is 0 Å². The first-order chi connectivity index (χ1) is 9.20. The first-order valence-corrected chi connectivity index (χ1v) is 6.63. The summed E-state index contributed by atoms with van der Waals surface area (Å²) in [5.41, 5.74) is 5.04. The SMILES string of the molecule is C[C@@H]1CN(c2ccc(N)c(C(F)(F)F)c2)C[C@H](C)N1C. The standard InChI is InChI=1S/C14H20F3N3/c1-9-7-20(8-10(2)19(9)3)11-4-5-13(18)12(6-11)14(15,16)17/h4-6,9-10H,7-8,18H2,1-3H3/t9-,10+. The Morgan fingerprint density at radius 1 is 1.15 bits per heavy atom. The van der Waals surface area contributed by atoms with Crippen molar-refractivity contribution in [3.63, 3.8) is 0 Å². The van der Waals surface area contributed by atoms with E-state index in [1.165, 1.54) is 6.07 Å². The van der Waals surface area contributed by atoms with Crippen LogP contribution >= 0.6 is 0 Å². The van der Waals surface area contributed by atoms with Gasteiger partial charge in [0.15, 0.2) is 0 Å². The summed E-state index contributed by atoms with van der Waals surface area (Å²) in [6, 6.07) is 4.75. The molecule has 2 N–H and O–H groups in total. The molecule has 1 aliphatic heterocycles. The number of hydrogen-bond acceptors (Lipinski definition) is 3. The summed E-state index contributed by atoms with van der Waals surface area (Å²) in [6.45, 7) is 5.57. The van der Waals surface area contributed by atoms with Gasteiger partial charge in [-0.2, -0.15) is 13.2 Å². The van der Waals surface area contributed by atoms with Crippen LogP contribution in [0.1, 0.15) is 19.4 Å². The summed E-state index contributed by atoms with van der Waals surface area (Å²) in [5.74, 6) is 0. The lowest BCUT2D eigenvalue weighted by molar-refractivity contribution is -0.136. The molecule has 0 amide bonds. The average Bonchev–Trinajstić information content (AvgIpc) is 2.34. The molecule has 2 rings (SSSR count). The van der Waals surface area contributed by atoms with Crippen molar-refractivity contribution in [2.24, 2.45) is 0 Å². The summed E-state index contributed by atoms with van der Waals surface area (Å²) >= 11 is 0. The normalized spacial score (nSPS) is 25.0. The van der Waals surface area contributed by atoms with Crippen LogP contribution in [0.5, 0.6) is 0 Å². The lowest BCUT2D eigenvalue weighted by atomic mass is 10.1. The summed E-state index contributed by atoms with van der Waals surface area (Å²) in [6.07, 6.45) is -4.41. The molecule has 0 aliphatic carbocycles. The number of benzene rings is 1. The quantitative estimate of drug-likeness (QED) is 0.806. The van der Waals surface area contributed by atoms with Crippen LogP contribution in [0.25, 0.3) is 0 Å². The van der Waals surface area contributed by atoms with Gasteiger partial charge in [-0.25, -0.2) is 0 Å². The van der Waals surface area contributed by atoms with E-state index in [1.54, 1.807) is 6.07 Å². The molecular formula is C14H20F3N3. The lowest BCUT2D eigenvalue weighted by Gasteiger charge is -2.43. The number of anilines is 2. The van der Waals surface area contributed by atoms with Gasteiger partial charge < -0.3 is 10.6 Å². The average molecular weight is 287 g/mol. The van der Waals surface area contributed by atoms with Crippen LogP contribution in [-0.4, -0.2) is 37.1 Å². The topological polar surface area (TPSA) is 32.5 Å². The highest BCUT2D eigenvalue weighted by atomic mass is 19.4. The Labute approximate surface area is 117 Å². The van der Waals surface area contributed by atoms with Crippen molar-refractivity contribution in [2.45, 2.75) is 32.1 Å². The van der Waals surface area contributed by atoms with E-state index in [0.29, 0.717) is 30.9 Å². The number of rotatable bonds is 1. The van der Waals surface area contributed by atoms with E-state index in [1.807, 2.05) is 11.9 Å². The van der Waals surface area contributed by atoms with Crippen molar-refractivity contribution >= 4 is 11.4 Å². The zero-order valence-corrected chi connectivity index (χ0v) is 11.9. The predicted octanol–water partition coefficient (Wildman–Crippen LogP) is 2.82. The Balaban J connectivity index is 2.30. The molecule has 1 saturated heterocycles. The fourth-order valence-electron chi connectivity index (χ4n) is 2.60. The van der Waals surface area contributed by atoms with E-state index in [2.05, 4.69) is 18.7 Å². The van der Waals surface area contributed by atoms with Crippen molar-refractivity contribution in [2.75, 3.05) is 30.8 Å². The second-order valence-corrected chi connectivity index (χ2v) is 5.54. The number of likely N-dealkylation sites (N-methyl/N-ethyl adjacent to an activating group) is 1. The fraction of sp³-hybridized carbons (Fsp3) is 0.571. The van der Waals surface area contributed by atoms with E-state index in [0.717, 1.165) is 6.07 Å². The fourth-order valence-corrected chi connectivity index (χ4v) is 2.60. The van der Waals surface area contributed by atoms with Gasteiger partial charge in [0.25, 0.3) is 0 Å². The zero-order valence-electron chi connectivity index (χ0n) is 11.9. The first kappa shape index (κ1) is 15.0. The molecule has 1 aliphatic rings. The van der Waals surface area contributed by atoms with Gasteiger partial charge in [0.1, 0.15) is 0 Å². The molecule has 0 bridgehead atoms. The number of halogens is 3. The number of nitrogens with zero attached hydrogens (tertiary/aromatic N) is 2. The zero-order chi connectivity index (χ0) is 15.1. The monoisotopic (exact) mass is 287 g/mol. The van der Waals surface area contributed by atoms with Gasteiger partial charge >= 0.3 is 6.18 Å². The van der Waals surface area contributed by atoms with Crippen molar-refractivity contribution in [1.82, 2.24) is 4.90 Å². The second kappa shape index (κ2) is 5.16. The maximum atomic E-state index is 12.9. The number of nitrogens with two attached hydrogens (primary N) is 1. The predicted molar refractivity (Wildman–Crippen MR) is 74.8 cm³/mol. The van der Waals surface area contributed by atoms with Crippen molar-refractivity contribution in [3.05, 3.63) is 23.8 Å². The number of hydrogen-bond donors (Lipinski definition) is 1. The molecule has 6 heteroatoms. The van der Waals surface area contributed by atoms with Crippen molar-refractivity contribution in [1.29, 1.82) is 0 Å². The highest BCUT2D eigenvalue weighted by molar-refractivity contribution is 5.60. The molecule has 0 unspecified atom stereocenters. The Kier molecular flexibility index (Phi) is 3.86. The smallest absolute Gasteiger partial charge is 0.398 e. The molecule has 1 fully saturated rings. The summed E-state index contributed by atoms with van der Waals surface area (Å²) in [7, 11) is 2.04. The molecule has 3 nitrogen and oxygen atoms in total. The third kappa shape index (κ3) is 2.85. The van der Waals surface area contributed by atoms with Crippen molar-refractivity contribution in [3.8, 4) is 0 Å². The minimum atomic E-state index is -4.41. The Bertz CT molecular complexity index is 475. The molecule has 1 heterocycles. The van der Waals surface area contributed by atoms with Gasteiger partial charge in [-0.3, -0.25) is 4.90 Å². The molecule has 1 aromatic rings. The first-order valence-electron chi connectivity index (χ1n) is 6.63. The van der Waals surface area contributed by atoms with Gasteiger partial charge in [-0.1, -0.05) is 0 Å². The van der Waals surface area contributed by atoms with E-state index < -0.39 is 11.7 Å². The van der Waals surface area contributed by atoms with E-state index in [4.69, 9.17) is 5.73 Å². The number of piperazine rings is 1. The van der Waals surface area contributed by atoms with Gasteiger partial charge in [0.2, 0.25) is 0 Å². The molecule has 0 saturated carbocycles. The lowest BCUT2D eigenvalue weighted by Crippen LogP contribution is -2.55. The largest absolute Gasteiger partial charge is 0.418 e. The molecule has 112 valence electrons. The van der Waals surface area contributed by atoms with E-state index >= 15 is 0 Å². The van der Waals surface area contributed by atoms with Gasteiger partial charge in [-0.15, -0.1) is 0 Å². The third-order valence-corrected chi connectivity index (χ3v) is 4.07. The van der Waals surface area contributed by atoms with Crippen molar-refractivity contribution < 1.29 is 13.2 Å². The molecule has 1 aromatic carbocycles. The summed E-state index contributed by atoms with van der Waals surface area (Å²) in [4.78, 5) is 4.22. The molecule has 0 spiro atoms. The molecular weight excluding hydrogens is 267 g/mol. The van der Waals surface area contributed by atoms with Crippen LogP contribution in [0, 0.1) is 0 Å². The van der Waals surface area contributed by atoms with Gasteiger partial charge in [-0.05, 0) is 39.1 Å². The Hall–Kier alpha value is -1.43. The van der Waals surface area contributed by atoms with Gasteiger partial charge in [0, 0.05) is 36.5 Å². The Morgan fingerprint density at radius 2 is 1.70 bits per heavy atom. The van der Waals surface area contributed by atoms with Crippen LogP contribution in [0.3, 0.4) is 0 Å². The van der Waals surface area contributed by atoms with Gasteiger partial charge in [0.05, 0.1) is 5.56 Å². The molecule has 0 radical (unpaired) electrons. The van der Waals surface area contributed by atoms with Crippen LogP contribution < -0.4 is 10.6 Å². The number of alkyl halides is 3. The highest BCUT2D eigenvalue weighted by Gasteiger charge is 2.34. The number of nitrogen functional groups attached to an aromatic ring is 1. The highest BCUT2D eigenvalue weighted by Crippen LogP contribution is 2.36. The summed E-state index contributed by atoms with van der Waals surface area (Å²) < 4.78 is 38.7. The van der Waals surface area contributed by atoms with Crippen LogP contribution in [0.15, 0.2) is 18.2 Å². The maximum absolute atomic E-state index is 12.9. The van der Waals surface area contributed by atoms with E-state index in [-0.39, 0.29) is 5.69 Å². The Morgan fingerprint density at radius 3 is 2.20 bits per heavy atom. The van der Waals surface area contributed by atoms with E-state index in [9.17, 15) is 13.2 Å². The minimum Gasteiger partial charge on any atom is -0.398 e. The summed E-state index contributed by atoms with van der Waals surface area (Å²) in [5, 5.41) is 0. The molecule has 20 heavy (non-hydrogen) atoms. The molecule has 0 aromatic heterocycles. The molecule has 2 atom stereocenters. The third-order valence-electron chi connectivity index (χ3n) is 4.07. The minimum absolute atomic E-state index is 0.225. The van der Waals surface area contributed by atoms with Crippen LogP contribution in [-0.2, 0) is 6.18 Å². The van der Waals surface area contributed by atoms with Crippen LogP contribution in [0.4, 0.5) is 24.5 Å².